The summed E-state index contributed by atoms with van der Waals surface area (Å²) in [6, 6.07) is 4.02. The Balaban J connectivity index is 2.83. The molecule has 0 unspecified atom stereocenters. The smallest absolute Gasteiger partial charge is 0.410 e. The van der Waals surface area contributed by atoms with Crippen LogP contribution < -0.4 is 15.0 Å². The summed E-state index contributed by atoms with van der Waals surface area (Å²) in [5, 5.41) is 23.9. The Morgan fingerprint density at radius 2 is 2.15 bits per heavy atom. The first-order chi connectivity index (χ1) is 9.51. The Morgan fingerprint density at radius 3 is 2.75 bits per heavy atom. The second-order valence-electron chi connectivity index (χ2n) is 3.82. The minimum Gasteiger partial charge on any atom is -0.803 e. The van der Waals surface area contributed by atoms with E-state index in [1.54, 1.807) is 6.92 Å². The van der Waals surface area contributed by atoms with Gasteiger partial charge in [0.15, 0.2) is 0 Å². The third-order valence-electron chi connectivity index (χ3n) is 2.66. The zero-order valence-corrected chi connectivity index (χ0v) is 10.8. The Labute approximate surface area is 112 Å². The summed E-state index contributed by atoms with van der Waals surface area (Å²) in [7, 11) is 1.01. The van der Waals surface area contributed by atoms with Gasteiger partial charge in [-0.15, -0.1) is 0 Å². The molecule has 0 radical (unpaired) electrons. The molecule has 0 bridgehead atoms. The van der Waals surface area contributed by atoms with Crippen molar-refractivity contribution in [2.75, 3.05) is 13.7 Å². The number of rotatable bonds is 3. The van der Waals surface area contributed by atoms with Crippen molar-refractivity contribution >= 4 is 17.0 Å². The summed E-state index contributed by atoms with van der Waals surface area (Å²) < 4.78 is 9.61. The molecule has 8 nitrogen and oxygen atoms in total. The van der Waals surface area contributed by atoms with E-state index >= 15 is 0 Å². The van der Waals surface area contributed by atoms with E-state index in [-0.39, 0.29) is 20.5 Å². The summed E-state index contributed by atoms with van der Waals surface area (Å²) in [5.41, 5.74) is -2.45. The third-order valence-corrected chi connectivity index (χ3v) is 2.66. The molecule has 1 aromatic heterocycles. The van der Waals surface area contributed by atoms with Gasteiger partial charge in [-0.1, -0.05) is 0 Å². The molecule has 2 rings (SSSR count). The van der Waals surface area contributed by atoms with E-state index in [1.165, 1.54) is 18.2 Å². The lowest BCUT2D eigenvalue weighted by Crippen LogP contribution is -2.45. The van der Waals surface area contributed by atoms with Crippen LogP contribution >= 0.6 is 0 Å². The van der Waals surface area contributed by atoms with Crippen LogP contribution in [0.1, 0.15) is 17.4 Å². The molecule has 0 aliphatic heterocycles. The second-order valence-corrected chi connectivity index (χ2v) is 3.82. The number of esters is 1. The SMILES string of the molecule is CCOc1ccc2c(c1)[n+]([O-])c(C(=O)OC)c(=O)n2[O-]. The van der Waals surface area contributed by atoms with Gasteiger partial charge in [0.1, 0.15) is 11.3 Å². The minimum absolute atomic E-state index is 0.0221. The molecule has 0 aliphatic rings. The Morgan fingerprint density at radius 1 is 1.45 bits per heavy atom. The quantitative estimate of drug-likeness (QED) is 0.450. The van der Waals surface area contributed by atoms with Crippen LogP contribution in [0.4, 0.5) is 0 Å². The van der Waals surface area contributed by atoms with Gasteiger partial charge in [-0.05, 0) is 19.1 Å². The van der Waals surface area contributed by atoms with Crippen LogP contribution in [0.5, 0.6) is 5.75 Å². The van der Waals surface area contributed by atoms with Gasteiger partial charge in [0.25, 0.3) is 0 Å². The molecule has 0 N–H and O–H groups in total. The van der Waals surface area contributed by atoms with E-state index in [1.807, 2.05) is 0 Å². The van der Waals surface area contributed by atoms with Crippen molar-refractivity contribution in [3.05, 3.63) is 44.7 Å². The zero-order chi connectivity index (χ0) is 14.9. The normalized spacial score (nSPS) is 10.5. The van der Waals surface area contributed by atoms with Gasteiger partial charge in [-0.3, -0.25) is 4.79 Å². The standard InChI is InChI=1S/C12H11N2O6/c1-3-20-7-4-5-8-9(6-7)13(17)10(12(16)19-2)11(15)14(8)18/h4-6H,3H2,1-2H3/q-1. The van der Waals surface area contributed by atoms with Crippen molar-refractivity contribution < 1.29 is 19.0 Å². The number of ether oxygens (including phenoxy) is 2. The fourth-order valence-corrected chi connectivity index (χ4v) is 1.77. The van der Waals surface area contributed by atoms with Crippen molar-refractivity contribution in [1.82, 2.24) is 4.73 Å². The number of nitrogens with zero attached hydrogens (tertiary/aromatic N) is 2. The number of methoxy groups -OCH3 is 1. The molecule has 0 saturated heterocycles. The van der Waals surface area contributed by atoms with E-state index in [2.05, 4.69) is 4.74 Å². The number of hydrogen-bond donors (Lipinski definition) is 0. The highest BCUT2D eigenvalue weighted by molar-refractivity contribution is 5.87. The largest absolute Gasteiger partial charge is 0.803 e. The molecule has 0 aliphatic carbocycles. The lowest BCUT2D eigenvalue weighted by Gasteiger charge is -2.15. The number of hydrogen-bond acceptors (Lipinski definition) is 6. The van der Waals surface area contributed by atoms with E-state index in [9.17, 15) is 20.0 Å². The third kappa shape index (κ3) is 2.00. The average Bonchev–Trinajstić information content (AvgIpc) is 2.45. The Hall–Kier alpha value is -2.77. The van der Waals surface area contributed by atoms with Gasteiger partial charge in [-0.25, -0.2) is 4.79 Å². The zero-order valence-electron chi connectivity index (χ0n) is 10.8. The van der Waals surface area contributed by atoms with Crippen molar-refractivity contribution in [1.29, 1.82) is 0 Å². The van der Waals surface area contributed by atoms with Crippen LogP contribution in [0.2, 0.25) is 0 Å². The Kier molecular flexibility index (Phi) is 3.47. The topological polar surface area (TPSA) is 108 Å². The first-order valence-corrected chi connectivity index (χ1v) is 5.72. The molecule has 0 saturated carbocycles. The summed E-state index contributed by atoms with van der Waals surface area (Å²) in [5.74, 6) is -0.822. The molecule has 1 heterocycles. The maximum Gasteiger partial charge on any atom is 0.410 e. The molecule has 0 atom stereocenters. The highest BCUT2D eigenvalue weighted by Gasteiger charge is 2.26. The van der Waals surface area contributed by atoms with Gasteiger partial charge in [0.05, 0.1) is 19.8 Å². The van der Waals surface area contributed by atoms with Crippen molar-refractivity contribution in [2.45, 2.75) is 6.92 Å². The van der Waals surface area contributed by atoms with Crippen LogP contribution in [0, 0.1) is 10.4 Å². The molecule has 20 heavy (non-hydrogen) atoms. The highest BCUT2D eigenvalue weighted by atomic mass is 16.5. The molecule has 1 aromatic carbocycles. The Bertz CT molecular complexity index is 737. The first kappa shape index (κ1) is 13.7. The van der Waals surface area contributed by atoms with Gasteiger partial charge < -0.3 is 24.6 Å². The van der Waals surface area contributed by atoms with E-state index in [4.69, 9.17) is 4.74 Å². The molecule has 8 heteroatoms. The molecule has 0 spiro atoms. The van der Waals surface area contributed by atoms with E-state index in [0.29, 0.717) is 12.4 Å². The molecule has 2 aromatic rings. The van der Waals surface area contributed by atoms with Gasteiger partial charge in [0, 0.05) is 0 Å². The average molecular weight is 279 g/mol. The van der Waals surface area contributed by atoms with Crippen LogP contribution in [0.15, 0.2) is 23.0 Å². The first-order valence-electron chi connectivity index (χ1n) is 5.72. The molecular formula is C12H11N2O6-. The monoisotopic (exact) mass is 279 g/mol. The van der Waals surface area contributed by atoms with Crippen LogP contribution in [0.3, 0.4) is 0 Å². The lowest BCUT2D eigenvalue weighted by molar-refractivity contribution is -0.581. The molecule has 106 valence electrons. The summed E-state index contributed by atoms with van der Waals surface area (Å²) in [4.78, 5) is 23.1. The van der Waals surface area contributed by atoms with Crippen molar-refractivity contribution in [3.63, 3.8) is 0 Å². The summed E-state index contributed by atoms with van der Waals surface area (Å²) >= 11 is 0. The molecule has 0 fully saturated rings. The predicted molar refractivity (Wildman–Crippen MR) is 68.4 cm³/mol. The van der Waals surface area contributed by atoms with Gasteiger partial charge in [-0.2, -0.15) is 4.73 Å². The number of aromatic nitrogens is 2. The summed E-state index contributed by atoms with van der Waals surface area (Å²) in [6.07, 6.45) is 0. The second kappa shape index (κ2) is 5.08. The fraction of sp³-hybridized carbons (Fsp3) is 0.250. The van der Waals surface area contributed by atoms with Crippen LogP contribution in [-0.4, -0.2) is 24.4 Å². The maximum atomic E-state index is 12.1. The van der Waals surface area contributed by atoms with E-state index < -0.39 is 17.2 Å². The highest BCUT2D eigenvalue weighted by Crippen LogP contribution is 2.17. The van der Waals surface area contributed by atoms with Crippen LogP contribution in [-0.2, 0) is 4.74 Å². The van der Waals surface area contributed by atoms with Crippen LogP contribution in [0.25, 0.3) is 11.0 Å². The van der Waals surface area contributed by atoms with Crippen molar-refractivity contribution in [3.8, 4) is 5.75 Å². The van der Waals surface area contributed by atoms with E-state index in [0.717, 1.165) is 7.11 Å². The molecule has 0 amide bonds. The summed E-state index contributed by atoms with van der Waals surface area (Å²) in [6.45, 7) is 2.12. The number of benzene rings is 1. The minimum atomic E-state index is -1.26. The lowest BCUT2D eigenvalue weighted by atomic mass is 10.2. The predicted octanol–water partition coefficient (Wildman–Crippen LogP) is 0.166. The maximum absolute atomic E-state index is 12.1. The fourth-order valence-electron chi connectivity index (χ4n) is 1.77. The number of fused-ring (bicyclic) bond motifs is 1. The molecular weight excluding hydrogens is 268 g/mol. The van der Waals surface area contributed by atoms with Crippen molar-refractivity contribution in [2.24, 2.45) is 0 Å². The number of carbonyl (C=O) groups is 1. The van der Waals surface area contributed by atoms with Gasteiger partial charge in [0.2, 0.25) is 5.52 Å². The number of carbonyl (C=O) groups excluding carboxylic acids is 1. The van der Waals surface area contributed by atoms with Gasteiger partial charge >= 0.3 is 17.2 Å².